The Kier molecular flexibility index (Phi) is 3.16. The zero-order valence-electron chi connectivity index (χ0n) is 9.64. The number of nitro groups is 2. The van der Waals surface area contributed by atoms with Gasteiger partial charge in [0, 0.05) is 0 Å². The summed E-state index contributed by atoms with van der Waals surface area (Å²) >= 11 is 0. The monoisotopic (exact) mass is 282 g/mol. The first-order valence-electron chi connectivity index (χ1n) is 5.09. The average molecular weight is 282 g/mol. The lowest BCUT2D eigenvalue weighted by atomic mass is 10.4. The molecule has 0 aliphatic carbocycles. The van der Waals surface area contributed by atoms with Crippen LogP contribution in [0, 0.1) is 20.2 Å². The van der Waals surface area contributed by atoms with Crippen molar-refractivity contribution < 1.29 is 14.3 Å². The van der Waals surface area contributed by atoms with E-state index in [1.807, 2.05) is 0 Å². The summed E-state index contributed by atoms with van der Waals surface area (Å²) in [5.74, 6) is -0.480. The first-order chi connectivity index (χ1) is 9.38. The minimum atomic E-state index is -1.12. The standard InChI is InChI=1S/C9H6N4O7/c14-8-6(12(16)17)4-11(9(15)10-8)3-5-1-2-7(20-5)13(18)19/h1-2,4H,3H2,(H,10,14,15). The smallest absolute Gasteiger partial charge is 0.404 e. The number of aromatic amines is 1. The summed E-state index contributed by atoms with van der Waals surface area (Å²) in [6.07, 6.45) is 0.746. The lowest BCUT2D eigenvalue weighted by Gasteiger charge is -2.01. The highest BCUT2D eigenvalue weighted by molar-refractivity contribution is 5.22. The summed E-state index contributed by atoms with van der Waals surface area (Å²) < 4.78 is 5.62. The zero-order valence-corrected chi connectivity index (χ0v) is 9.64. The van der Waals surface area contributed by atoms with Gasteiger partial charge in [-0.1, -0.05) is 0 Å². The van der Waals surface area contributed by atoms with Crippen LogP contribution in [0.4, 0.5) is 11.6 Å². The second-order valence-corrected chi connectivity index (χ2v) is 3.66. The van der Waals surface area contributed by atoms with Gasteiger partial charge >= 0.3 is 22.8 Å². The summed E-state index contributed by atoms with van der Waals surface area (Å²) in [6.45, 7) is -0.287. The van der Waals surface area contributed by atoms with Gasteiger partial charge in [0.2, 0.25) is 0 Å². The van der Waals surface area contributed by atoms with Crippen LogP contribution in [-0.4, -0.2) is 19.4 Å². The summed E-state index contributed by atoms with van der Waals surface area (Å²) in [7, 11) is 0. The maximum absolute atomic E-state index is 11.5. The van der Waals surface area contributed by atoms with E-state index in [2.05, 4.69) is 0 Å². The largest absolute Gasteiger partial charge is 0.433 e. The van der Waals surface area contributed by atoms with Gasteiger partial charge in [0.15, 0.2) is 0 Å². The Labute approximate surface area is 108 Å². The molecule has 0 atom stereocenters. The number of hydrogen-bond acceptors (Lipinski definition) is 7. The third-order valence-electron chi connectivity index (χ3n) is 2.34. The van der Waals surface area contributed by atoms with Crippen LogP contribution in [0.3, 0.4) is 0 Å². The molecule has 2 aromatic rings. The lowest BCUT2D eigenvalue weighted by molar-refractivity contribution is -0.402. The quantitative estimate of drug-likeness (QED) is 0.610. The second-order valence-electron chi connectivity index (χ2n) is 3.66. The molecule has 0 saturated heterocycles. The first kappa shape index (κ1) is 13.2. The minimum absolute atomic E-state index is 0.0418. The fourth-order valence-corrected chi connectivity index (χ4v) is 1.46. The Hall–Kier alpha value is -3.24. The van der Waals surface area contributed by atoms with Crippen LogP contribution in [0.1, 0.15) is 5.76 Å². The minimum Gasteiger partial charge on any atom is -0.404 e. The molecule has 0 amide bonds. The van der Waals surface area contributed by atoms with Crippen LogP contribution in [0.5, 0.6) is 0 Å². The molecule has 11 nitrogen and oxygen atoms in total. The molecule has 2 rings (SSSR count). The Morgan fingerprint density at radius 2 is 1.90 bits per heavy atom. The summed E-state index contributed by atoms with van der Waals surface area (Å²) in [4.78, 5) is 43.7. The predicted molar refractivity (Wildman–Crippen MR) is 62.4 cm³/mol. The molecule has 0 aliphatic rings. The topological polar surface area (TPSA) is 154 Å². The van der Waals surface area contributed by atoms with Crippen LogP contribution in [-0.2, 0) is 6.54 Å². The molecule has 2 heterocycles. The number of H-pyrrole nitrogens is 1. The highest BCUT2D eigenvalue weighted by atomic mass is 16.6. The molecule has 0 aromatic carbocycles. The number of hydrogen-bond donors (Lipinski definition) is 1. The van der Waals surface area contributed by atoms with Gasteiger partial charge in [-0.05, 0) is 6.07 Å². The molecule has 11 heteroatoms. The lowest BCUT2D eigenvalue weighted by Crippen LogP contribution is -2.31. The van der Waals surface area contributed by atoms with Crippen LogP contribution in [0.25, 0.3) is 0 Å². The van der Waals surface area contributed by atoms with Crippen molar-refractivity contribution in [2.75, 3.05) is 0 Å². The molecule has 0 aliphatic heterocycles. The van der Waals surface area contributed by atoms with Crippen molar-refractivity contribution in [3.05, 3.63) is 65.2 Å². The van der Waals surface area contributed by atoms with E-state index in [0.717, 1.165) is 16.8 Å². The molecule has 20 heavy (non-hydrogen) atoms. The van der Waals surface area contributed by atoms with Crippen LogP contribution in [0.15, 0.2) is 32.3 Å². The van der Waals surface area contributed by atoms with Crippen molar-refractivity contribution in [1.82, 2.24) is 9.55 Å². The summed E-state index contributed by atoms with van der Waals surface area (Å²) in [5, 5.41) is 21.0. The Balaban J connectivity index is 2.40. The third-order valence-corrected chi connectivity index (χ3v) is 2.34. The van der Waals surface area contributed by atoms with Crippen molar-refractivity contribution in [1.29, 1.82) is 0 Å². The number of aromatic nitrogens is 2. The molecule has 0 spiro atoms. The van der Waals surface area contributed by atoms with E-state index in [-0.39, 0.29) is 12.3 Å². The fraction of sp³-hybridized carbons (Fsp3) is 0.111. The normalized spacial score (nSPS) is 10.4. The van der Waals surface area contributed by atoms with Crippen LogP contribution in [0.2, 0.25) is 0 Å². The highest BCUT2D eigenvalue weighted by Crippen LogP contribution is 2.16. The van der Waals surface area contributed by atoms with Gasteiger partial charge in [-0.25, -0.2) is 4.79 Å². The molecule has 0 radical (unpaired) electrons. The molecular formula is C9H6N4O7. The average Bonchev–Trinajstić information content (AvgIpc) is 2.80. The molecule has 0 bridgehead atoms. The number of furan rings is 1. The van der Waals surface area contributed by atoms with E-state index in [4.69, 9.17) is 4.42 Å². The molecule has 0 unspecified atom stereocenters. The highest BCUT2D eigenvalue weighted by Gasteiger charge is 2.17. The van der Waals surface area contributed by atoms with E-state index >= 15 is 0 Å². The van der Waals surface area contributed by atoms with Gasteiger partial charge in [-0.15, -0.1) is 0 Å². The van der Waals surface area contributed by atoms with Gasteiger partial charge in [-0.2, -0.15) is 0 Å². The SMILES string of the molecule is O=c1[nH]c(=O)n(Cc2ccc([N+](=O)[O-])o2)cc1[N+](=O)[O-]. The second kappa shape index (κ2) is 4.79. The van der Waals surface area contributed by atoms with Crippen molar-refractivity contribution in [3.8, 4) is 0 Å². The van der Waals surface area contributed by atoms with E-state index in [1.165, 1.54) is 6.07 Å². The predicted octanol–water partition coefficient (Wildman–Crippen LogP) is -0.00570. The Morgan fingerprint density at radius 1 is 1.20 bits per heavy atom. The van der Waals surface area contributed by atoms with Gasteiger partial charge in [0.1, 0.15) is 10.7 Å². The molecule has 1 N–H and O–H groups in total. The fourth-order valence-electron chi connectivity index (χ4n) is 1.46. The maximum atomic E-state index is 11.5. The van der Waals surface area contributed by atoms with E-state index in [1.54, 1.807) is 4.98 Å². The Bertz CT molecular complexity index is 799. The molecule has 0 saturated carbocycles. The van der Waals surface area contributed by atoms with E-state index in [0.29, 0.717) is 0 Å². The van der Waals surface area contributed by atoms with Crippen molar-refractivity contribution in [2.45, 2.75) is 6.54 Å². The van der Waals surface area contributed by atoms with Crippen molar-refractivity contribution >= 4 is 11.6 Å². The molecular weight excluding hydrogens is 276 g/mol. The Morgan fingerprint density at radius 3 is 2.45 bits per heavy atom. The van der Waals surface area contributed by atoms with E-state index < -0.39 is 32.7 Å². The summed E-state index contributed by atoms with van der Waals surface area (Å²) in [5.41, 5.74) is -2.83. The van der Waals surface area contributed by atoms with Crippen LogP contribution >= 0.6 is 0 Å². The van der Waals surface area contributed by atoms with Gasteiger partial charge in [0.25, 0.3) is 0 Å². The maximum Gasteiger partial charge on any atom is 0.433 e. The molecule has 104 valence electrons. The van der Waals surface area contributed by atoms with Crippen LogP contribution < -0.4 is 11.2 Å². The van der Waals surface area contributed by atoms with Crippen molar-refractivity contribution in [2.24, 2.45) is 0 Å². The molecule has 0 fully saturated rings. The number of nitrogens with one attached hydrogen (secondary N) is 1. The molecule has 2 aromatic heterocycles. The van der Waals surface area contributed by atoms with Gasteiger partial charge in [0.05, 0.1) is 23.7 Å². The number of nitrogens with zero attached hydrogens (tertiary/aromatic N) is 3. The number of rotatable bonds is 4. The van der Waals surface area contributed by atoms with E-state index in [9.17, 15) is 29.8 Å². The third kappa shape index (κ3) is 2.45. The van der Waals surface area contributed by atoms with Gasteiger partial charge in [-0.3, -0.25) is 34.6 Å². The van der Waals surface area contributed by atoms with Gasteiger partial charge < -0.3 is 4.42 Å². The zero-order chi connectivity index (χ0) is 14.9. The van der Waals surface area contributed by atoms with Crippen molar-refractivity contribution in [3.63, 3.8) is 0 Å². The summed E-state index contributed by atoms with van der Waals surface area (Å²) in [6, 6.07) is 2.34. The first-order valence-corrected chi connectivity index (χ1v) is 5.09.